The fourth-order valence-electron chi connectivity index (χ4n) is 2.86. The number of thiophene rings is 1. The summed E-state index contributed by atoms with van der Waals surface area (Å²) in [6.07, 6.45) is 16.4. The maximum absolute atomic E-state index is 2.48. The van der Waals surface area contributed by atoms with Crippen LogP contribution < -0.4 is 0 Å². The van der Waals surface area contributed by atoms with Crippen LogP contribution in [0.2, 0.25) is 0 Å². The third kappa shape index (κ3) is 3.38. The molecule has 0 saturated carbocycles. The fraction of sp³-hybridized carbons (Fsp3) is 0.412. The molecule has 2 heteroatoms. The lowest BCUT2D eigenvalue weighted by atomic mass is 9.87. The average molecular weight is 271 g/mol. The first kappa shape index (κ1) is 12.7. The molecular weight excluding hydrogens is 250 g/mol. The molecule has 0 radical (unpaired) electrons. The molecule has 0 spiro atoms. The van der Waals surface area contributed by atoms with Gasteiger partial charge in [-0.15, -0.1) is 11.3 Å². The van der Waals surface area contributed by atoms with E-state index < -0.39 is 0 Å². The Morgan fingerprint density at radius 1 is 1.32 bits per heavy atom. The van der Waals surface area contributed by atoms with E-state index in [-0.39, 0.29) is 0 Å². The van der Waals surface area contributed by atoms with Crippen molar-refractivity contribution in [3.63, 3.8) is 0 Å². The van der Waals surface area contributed by atoms with Gasteiger partial charge in [-0.3, -0.25) is 0 Å². The van der Waals surface area contributed by atoms with E-state index in [1.807, 2.05) is 11.3 Å². The summed E-state index contributed by atoms with van der Waals surface area (Å²) in [4.78, 5) is 3.89. The van der Waals surface area contributed by atoms with Crippen LogP contribution in [0.4, 0.5) is 0 Å². The van der Waals surface area contributed by atoms with E-state index in [1.54, 1.807) is 5.57 Å². The van der Waals surface area contributed by atoms with Gasteiger partial charge in [-0.05, 0) is 60.9 Å². The van der Waals surface area contributed by atoms with Crippen molar-refractivity contribution in [1.82, 2.24) is 4.90 Å². The Bertz CT molecular complexity index is 481. The third-order valence-corrected chi connectivity index (χ3v) is 5.01. The molecule has 0 amide bonds. The molecule has 0 bridgehead atoms. The fourth-order valence-corrected chi connectivity index (χ4v) is 3.65. The Morgan fingerprint density at radius 3 is 3.00 bits per heavy atom. The average Bonchev–Trinajstić information content (AvgIpc) is 3.01. The molecule has 1 aromatic heterocycles. The molecule has 0 saturated heterocycles. The van der Waals surface area contributed by atoms with Crippen molar-refractivity contribution >= 4 is 16.9 Å². The van der Waals surface area contributed by atoms with Gasteiger partial charge in [0.05, 0.1) is 0 Å². The number of allylic oxidation sites excluding steroid dienone is 4. The van der Waals surface area contributed by atoms with Crippen LogP contribution in [0, 0.1) is 5.92 Å². The lowest BCUT2D eigenvalue weighted by Gasteiger charge is -2.26. The van der Waals surface area contributed by atoms with Gasteiger partial charge in [-0.1, -0.05) is 24.3 Å². The SMILES string of the molecule is C1=CCN(CCC2CC=C(c3cccs3)CC2)C=C1. The first-order valence-corrected chi connectivity index (χ1v) is 8.10. The van der Waals surface area contributed by atoms with Gasteiger partial charge in [0.15, 0.2) is 0 Å². The van der Waals surface area contributed by atoms with Gasteiger partial charge in [-0.2, -0.15) is 0 Å². The smallest absolute Gasteiger partial charge is 0.0357 e. The predicted molar refractivity (Wildman–Crippen MR) is 84.1 cm³/mol. The number of nitrogens with zero attached hydrogens (tertiary/aromatic N) is 1. The largest absolute Gasteiger partial charge is 0.374 e. The second-order valence-corrected chi connectivity index (χ2v) is 6.35. The number of hydrogen-bond acceptors (Lipinski definition) is 2. The van der Waals surface area contributed by atoms with E-state index >= 15 is 0 Å². The van der Waals surface area contributed by atoms with Gasteiger partial charge in [0.2, 0.25) is 0 Å². The van der Waals surface area contributed by atoms with Crippen LogP contribution in [0.1, 0.15) is 30.6 Å². The minimum atomic E-state index is 0.878. The van der Waals surface area contributed by atoms with Crippen molar-refractivity contribution < 1.29 is 0 Å². The Balaban J connectivity index is 1.47. The third-order valence-electron chi connectivity index (χ3n) is 4.07. The summed E-state index contributed by atoms with van der Waals surface area (Å²) in [6, 6.07) is 4.41. The standard InChI is InChI=1S/C17H21NS/c1-2-11-18(12-3-1)13-10-15-6-8-16(9-7-15)17-5-4-14-19-17/h1-5,8,11,14-15H,6-7,9-10,12-13H2. The van der Waals surface area contributed by atoms with Crippen LogP contribution in [-0.2, 0) is 0 Å². The highest BCUT2D eigenvalue weighted by molar-refractivity contribution is 7.11. The van der Waals surface area contributed by atoms with Gasteiger partial charge >= 0.3 is 0 Å². The molecule has 0 N–H and O–H groups in total. The first-order chi connectivity index (χ1) is 9.42. The summed E-state index contributed by atoms with van der Waals surface area (Å²) >= 11 is 1.87. The highest BCUT2D eigenvalue weighted by atomic mass is 32.1. The second kappa shape index (κ2) is 6.25. The molecule has 0 fully saturated rings. The number of rotatable bonds is 4. The van der Waals surface area contributed by atoms with Crippen molar-refractivity contribution in [2.75, 3.05) is 13.1 Å². The summed E-state index contributed by atoms with van der Waals surface area (Å²) in [5.74, 6) is 0.878. The minimum Gasteiger partial charge on any atom is -0.374 e. The molecule has 2 heterocycles. The second-order valence-electron chi connectivity index (χ2n) is 5.40. The van der Waals surface area contributed by atoms with E-state index in [0.29, 0.717) is 0 Å². The van der Waals surface area contributed by atoms with Crippen LogP contribution in [-0.4, -0.2) is 18.0 Å². The molecule has 3 rings (SSSR count). The molecule has 1 unspecified atom stereocenters. The van der Waals surface area contributed by atoms with Crippen LogP contribution in [0.25, 0.3) is 5.57 Å². The van der Waals surface area contributed by atoms with Crippen molar-refractivity contribution in [2.24, 2.45) is 5.92 Å². The van der Waals surface area contributed by atoms with E-state index in [9.17, 15) is 0 Å². The zero-order valence-electron chi connectivity index (χ0n) is 11.3. The van der Waals surface area contributed by atoms with Crippen LogP contribution in [0.15, 0.2) is 48.0 Å². The molecule has 1 aromatic rings. The maximum atomic E-state index is 2.48. The van der Waals surface area contributed by atoms with E-state index in [4.69, 9.17) is 0 Å². The van der Waals surface area contributed by atoms with E-state index in [0.717, 1.165) is 12.5 Å². The highest BCUT2D eigenvalue weighted by Gasteiger charge is 2.16. The molecule has 1 nitrogen and oxygen atoms in total. The van der Waals surface area contributed by atoms with E-state index in [2.05, 4.69) is 52.9 Å². The van der Waals surface area contributed by atoms with Gasteiger partial charge in [-0.25, -0.2) is 0 Å². The number of hydrogen-bond donors (Lipinski definition) is 0. The molecule has 1 aliphatic carbocycles. The highest BCUT2D eigenvalue weighted by Crippen LogP contribution is 2.33. The van der Waals surface area contributed by atoms with E-state index in [1.165, 1.54) is 37.1 Å². The normalized spacial score (nSPS) is 22.6. The van der Waals surface area contributed by atoms with Crippen LogP contribution >= 0.6 is 11.3 Å². The van der Waals surface area contributed by atoms with Gasteiger partial charge in [0.25, 0.3) is 0 Å². The monoisotopic (exact) mass is 271 g/mol. The zero-order valence-corrected chi connectivity index (χ0v) is 12.1. The Kier molecular flexibility index (Phi) is 4.19. The Hall–Kier alpha value is -1.28. The summed E-state index contributed by atoms with van der Waals surface area (Å²) in [6.45, 7) is 2.28. The first-order valence-electron chi connectivity index (χ1n) is 7.22. The van der Waals surface area contributed by atoms with Gasteiger partial charge in [0, 0.05) is 18.0 Å². The lowest BCUT2D eigenvalue weighted by molar-refractivity contribution is 0.341. The quantitative estimate of drug-likeness (QED) is 0.766. The molecule has 19 heavy (non-hydrogen) atoms. The summed E-state index contributed by atoms with van der Waals surface area (Å²) < 4.78 is 0. The predicted octanol–water partition coefficient (Wildman–Crippen LogP) is 4.71. The maximum Gasteiger partial charge on any atom is 0.0357 e. The van der Waals surface area contributed by atoms with Crippen LogP contribution in [0.3, 0.4) is 0 Å². The van der Waals surface area contributed by atoms with Crippen molar-refractivity contribution in [3.05, 3.63) is 52.9 Å². The van der Waals surface area contributed by atoms with Crippen molar-refractivity contribution in [2.45, 2.75) is 25.7 Å². The molecule has 1 atom stereocenters. The van der Waals surface area contributed by atoms with Crippen molar-refractivity contribution in [1.29, 1.82) is 0 Å². The minimum absolute atomic E-state index is 0.878. The topological polar surface area (TPSA) is 3.24 Å². The molecule has 100 valence electrons. The Labute approximate surface area is 119 Å². The van der Waals surface area contributed by atoms with Crippen LogP contribution in [0.5, 0.6) is 0 Å². The zero-order chi connectivity index (χ0) is 12.9. The lowest BCUT2D eigenvalue weighted by Crippen LogP contribution is -2.22. The van der Waals surface area contributed by atoms with Crippen molar-refractivity contribution in [3.8, 4) is 0 Å². The molecule has 2 aliphatic rings. The van der Waals surface area contributed by atoms with Gasteiger partial charge in [0.1, 0.15) is 0 Å². The summed E-state index contributed by atoms with van der Waals surface area (Å²) in [5, 5.41) is 2.18. The summed E-state index contributed by atoms with van der Waals surface area (Å²) in [5.41, 5.74) is 1.58. The molecule has 0 aromatic carbocycles. The molecular formula is C17H21NS. The van der Waals surface area contributed by atoms with Gasteiger partial charge < -0.3 is 4.90 Å². The summed E-state index contributed by atoms with van der Waals surface area (Å²) in [7, 11) is 0. The Morgan fingerprint density at radius 2 is 2.32 bits per heavy atom. The molecule has 1 aliphatic heterocycles.